The summed E-state index contributed by atoms with van der Waals surface area (Å²) in [6, 6.07) is 7.84. The van der Waals surface area contributed by atoms with Crippen molar-refractivity contribution < 1.29 is 9.18 Å². The number of aromatic nitrogens is 2. The van der Waals surface area contributed by atoms with Crippen molar-refractivity contribution >= 4 is 27.5 Å². The number of fused-ring (bicyclic) bond motifs is 1. The Hall–Kier alpha value is -2.54. The number of hydrogen-bond donors (Lipinski definition) is 0. The minimum absolute atomic E-state index is 0.0673. The number of amides is 1. The number of nitrogens with zero attached hydrogens (tertiary/aromatic N) is 3. The molecule has 1 aliphatic rings. The Bertz CT molecular complexity index is 1010. The predicted molar refractivity (Wildman–Crippen MR) is 95.2 cm³/mol. The van der Waals surface area contributed by atoms with E-state index in [2.05, 4.69) is 4.98 Å². The van der Waals surface area contributed by atoms with Gasteiger partial charge in [-0.15, -0.1) is 11.3 Å². The first kappa shape index (κ1) is 16.0. The molecule has 1 aliphatic heterocycles. The molecule has 2 aromatic heterocycles. The number of benzene rings is 1. The molecule has 7 heteroatoms. The van der Waals surface area contributed by atoms with Gasteiger partial charge in [-0.2, -0.15) is 0 Å². The van der Waals surface area contributed by atoms with Gasteiger partial charge >= 0.3 is 0 Å². The van der Waals surface area contributed by atoms with Crippen LogP contribution in [0.2, 0.25) is 0 Å². The van der Waals surface area contributed by atoms with Crippen LogP contribution in [0, 0.1) is 5.82 Å². The largest absolute Gasteiger partial charge is 0.341 e. The van der Waals surface area contributed by atoms with Crippen LogP contribution in [0.5, 0.6) is 0 Å². The van der Waals surface area contributed by atoms with E-state index in [1.54, 1.807) is 21.6 Å². The fraction of sp³-hybridized carbons (Fsp3) is 0.278. The Balaban J connectivity index is 1.75. The third-order valence-electron chi connectivity index (χ3n) is 4.56. The van der Waals surface area contributed by atoms with Crippen LogP contribution in [-0.2, 0) is 4.79 Å². The van der Waals surface area contributed by atoms with Crippen LogP contribution in [0.15, 0.2) is 41.5 Å². The summed E-state index contributed by atoms with van der Waals surface area (Å²) in [5.41, 5.74) is 1.35. The molecule has 1 fully saturated rings. The lowest BCUT2D eigenvalue weighted by molar-refractivity contribution is -0.127. The number of halogens is 1. The van der Waals surface area contributed by atoms with Gasteiger partial charge in [0.25, 0.3) is 5.56 Å². The van der Waals surface area contributed by atoms with Crippen LogP contribution in [0.3, 0.4) is 0 Å². The first-order chi connectivity index (χ1) is 12.1. The van der Waals surface area contributed by atoms with E-state index in [9.17, 15) is 14.0 Å². The van der Waals surface area contributed by atoms with Crippen molar-refractivity contribution in [2.24, 2.45) is 0 Å². The standard InChI is InChI=1S/C18H16FN3O2S/c1-2-21-9-13(7-16(21)23)22-10-20-14-8-15(25-17(14)18(22)24)11-3-5-12(19)6-4-11/h3-6,8,10,13H,2,7,9H2,1H3/t13-/m0/s1. The van der Waals surface area contributed by atoms with E-state index in [4.69, 9.17) is 0 Å². The van der Waals surface area contributed by atoms with E-state index in [1.165, 1.54) is 29.8 Å². The molecule has 128 valence electrons. The van der Waals surface area contributed by atoms with Crippen LogP contribution in [-0.4, -0.2) is 33.4 Å². The van der Waals surface area contributed by atoms with Gasteiger partial charge in [-0.3, -0.25) is 14.2 Å². The highest BCUT2D eigenvalue weighted by molar-refractivity contribution is 7.22. The number of likely N-dealkylation sites (tertiary alicyclic amines) is 1. The maximum Gasteiger partial charge on any atom is 0.271 e. The molecule has 0 bridgehead atoms. The van der Waals surface area contributed by atoms with Gasteiger partial charge < -0.3 is 4.90 Å². The molecule has 0 unspecified atom stereocenters. The molecular weight excluding hydrogens is 341 g/mol. The molecule has 0 saturated carbocycles. The first-order valence-corrected chi connectivity index (χ1v) is 8.93. The van der Waals surface area contributed by atoms with Gasteiger partial charge in [0, 0.05) is 24.4 Å². The van der Waals surface area contributed by atoms with E-state index in [0.717, 1.165) is 10.4 Å². The van der Waals surface area contributed by atoms with Gasteiger partial charge in [-0.05, 0) is 30.7 Å². The van der Waals surface area contributed by atoms with E-state index in [0.29, 0.717) is 29.7 Å². The number of thiophene rings is 1. The molecule has 1 saturated heterocycles. The third kappa shape index (κ3) is 2.74. The summed E-state index contributed by atoms with van der Waals surface area (Å²) < 4.78 is 15.2. The second-order valence-electron chi connectivity index (χ2n) is 6.08. The average Bonchev–Trinajstić information content (AvgIpc) is 3.20. The molecule has 4 rings (SSSR count). The highest BCUT2D eigenvalue weighted by atomic mass is 32.1. The summed E-state index contributed by atoms with van der Waals surface area (Å²) in [5, 5.41) is 0. The Morgan fingerprint density at radius 2 is 2.04 bits per heavy atom. The van der Waals surface area contributed by atoms with Gasteiger partial charge in [-0.1, -0.05) is 12.1 Å². The van der Waals surface area contributed by atoms with Gasteiger partial charge in [-0.25, -0.2) is 9.37 Å². The van der Waals surface area contributed by atoms with Crippen molar-refractivity contribution in [3.63, 3.8) is 0 Å². The summed E-state index contributed by atoms with van der Waals surface area (Å²) in [5.74, 6) is -0.227. The molecule has 1 atom stereocenters. The second-order valence-corrected chi connectivity index (χ2v) is 7.13. The second kappa shape index (κ2) is 6.07. The van der Waals surface area contributed by atoms with Crippen molar-refractivity contribution in [2.45, 2.75) is 19.4 Å². The van der Waals surface area contributed by atoms with E-state index < -0.39 is 0 Å². The van der Waals surface area contributed by atoms with Crippen molar-refractivity contribution in [1.82, 2.24) is 14.5 Å². The lowest BCUT2D eigenvalue weighted by Gasteiger charge is -2.15. The van der Waals surface area contributed by atoms with Crippen molar-refractivity contribution in [3.8, 4) is 10.4 Å². The van der Waals surface area contributed by atoms with Crippen LogP contribution in [0.4, 0.5) is 4.39 Å². The predicted octanol–water partition coefficient (Wildman–Crippen LogP) is 3.06. The van der Waals surface area contributed by atoms with E-state index >= 15 is 0 Å². The summed E-state index contributed by atoms with van der Waals surface area (Å²) in [7, 11) is 0. The zero-order valence-electron chi connectivity index (χ0n) is 13.6. The van der Waals surface area contributed by atoms with Crippen LogP contribution in [0.25, 0.3) is 20.7 Å². The summed E-state index contributed by atoms with van der Waals surface area (Å²) in [6.07, 6.45) is 1.86. The Labute approximate surface area is 147 Å². The molecule has 0 N–H and O–H groups in total. The molecule has 0 radical (unpaired) electrons. The normalized spacial score (nSPS) is 17.6. The van der Waals surface area contributed by atoms with E-state index in [1.807, 2.05) is 13.0 Å². The zero-order chi connectivity index (χ0) is 17.6. The maximum atomic E-state index is 13.1. The van der Waals surface area contributed by atoms with Gasteiger partial charge in [0.15, 0.2) is 0 Å². The molecule has 25 heavy (non-hydrogen) atoms. The Morgan fingerprint density at radius 3 is 2.72 bits per heavy atom. The molecule has 0 spiro atoms. The number of carbonyl (C=O) groups is 1. The molecule has 5 nitrogen and oxygen atoms in total. The minimum atomic E-state index is -0.295. The van der Waals surface area contributed by atoms with E-state index in [-0.39, 0.29) is 23.3 Å². The molecule has 3 heterocycles. The molecule has 1 amide bonds. The van der Waals surface area contributed by atoms with Gasteiger partial charge in [0.2, 0.25) is 5.91 Å². The molecule has 3 aromatic rings. The zero-order valence-corrected chi connectivity index (χ0v) is 14.4. The SMILES string of the molecule is CCN1C[C@@H](n2cnc3cc(-c4ccc(F)cc4)sc3c2=O)CC1=O. The quantitative estimate of drug-likeness (QED) is 0.724. The molecule has 0 aliphatic carbocycles. The first-order valence-electron chi connectivity index (χ1n) is 8.11. The topological polar surface area (TPSA) is 55.2 Å². The maximum absolute atomic E-state index is 13.1. The lowest BCUT2D eigenvalue weighted by Crippen LogP contribution is -2.28. The average molecular weight is 357 g/mol. The number of carbonyl (C=O) groups excluding carboxylic acids is 1. The summed E-state index contributed by atoms with van der Waals surface area (Å²) in [6.45, 7) is 3.12. The summed E-state index contributed by atoms with van der Waals surface area (Å²) in [4.78, 5) is 31.8. The molecular formula is C18H16FN3O2S. The van der Waals surface area contributed by atoms with Crippen LogP contribution in [0.1, 0.15) is 19.4 Å². The number of likely N-dealkylation sites (N-methyl/N-ethyl adjacent to an activating group) is 1. The van der Waals surface area contributed by atoms with Crippen molar-refractivity contribution in [3.05, 3.63) is 52.8 Å². The molecule has 1 aromatic carbocycles. The van der Waals surface area contributed by atoms with Crippen LogP contribution >= 0.6 is 11.3 Å². The number of hydrogen-bond acceptors (Lipinski definition) is 4. The monoisotopic (exact) mass is 357 g/mol. The Morgan fingerprint density at radius 1 is 1.28 bits per heavy atom. The van der Waals surface area contributed by atoms with Gasteiger partial charge in [0.05, 0.1) is 17.9 Å². The van der Waals surface area contributed by atoms with Crippen molar-refractivity contribution in [1.29, 1.82) is 0 Å². The number of rotatable bonds is 3. The van der Waals surface area contributed by atoms with Crippen LogP contribution < -0.4 is 5.56 Å². The smallest absolute Gasteiger partial charge is 0.271 e. The summed E-state index contributed by atoms with van der Waals surface area (Å²) >= 11 is 1.35. The fourth-order valence-electron chi connectivity index (χ4n) is 3.18. The lowest BCUT2D eigenvalue weighted by atomic mass is 10.2. The highest BCUT2D eigenvalue weighted by Gasteiger charge is 2.30. The Kier molecular flexibility index (Phi) is 3.88. The fourth-order valence-corrected chi connectivity index (χ4v) is 4.24. The highest BCUT2D eigenvalue weighted by Crippen LogP contribution is 2.31. The van der Waals surface area contributed by atoms with Gasteiger partial charge in [0.1, 0.15) is 10.5 Å². The third-order valence-corrected chi connectivity index (χ3v) is 5.72. The minimum Gasteiger partial charge on any atom is -0.341 e. The van der Waals surface area contributed by atoms with Crippen molar-refractivity contribution in [2.75, 3.05) is 13.1 Å².